The van der Waals surface area contributed by atoms with Crippen molar-refractivity contribution >= 4 is 5.91 Å². The summed E-state index contributed by atoms with van der Waals surface area (Å²) in [5.41, 5.74) is 1.82. The lowest BCUT2D eigenvalue weighted by atomic mass is 10.1. The minimum absolute atomic E-state index is 0.0168. The predicted octanol–water partition coefficient (Wildman–Crippen LogP) is 1.93. The van der Waals surface area contributed by atoms with Crippen LogP contribution < -0.4 is 5.32 Å². The Morgan fingerprint density at radius 1 is 1.35 bits per heavy atom. The van der Waals surface area contributed by atoms with Crippen LogP contribution in [0.15, 0.2) is 48.6 Å². The molecule has 1 rings (SSSR count). The summed E-state index contributed by atoms with van der Waals surface area (Å²) in [5.74, 6) is -0.127. The molecule has 0 spiro atoms. The second kappa shape index (κ2) is 7.41. The molecule has 1 aromatic rings. The highest BCUT2D eigenvalue weighted by Crippen LogP contribution is 2.04. The molecule has 90 valence electrons. The van der Waals surface area contributed by atoms with Gasteiger partial charge in [0, 0.05) is 12.6 Å². The molecule has 0 atom stereocenters. The van der Waals surface area contributed by atoms with Crippen LogP contribution in [0.2, 0.25) is 0 Å². The van der Waals surface area contributed by atoms with Crippen LogP contribution in [0.1, 0.15) is 18.1 Å². The van der Waals surface area contributed by atoms with Crippen LogP contribution in [-0.4, -0.2) is 11.0 Å². The molecule has 0 saturated heterocycles. The first-order chi connectivity index (χ1) is 8.26. The summed E-state index contributed by atoms with van der Waals surface area (Å²) >= 11 is 0. The van der Waals surface area contributed by atoms with E-state index in [1.165, 1.54) is 6.08 Å². The summed E-state index contributed by atoms with van der Waals surface area (Å²) in [6.07, 6.45) is 6.83. The molecule has 0 radical (unpaired) electrons. The highest BCUT2D eigenvalue weighted by molar-refractivity contribution is 5.87. The van der Waals surface area contributed by atoms with E-state index in [0.29, 0.717) is 6.54 Å². The molecule has 0 fully saturated rings. The molecule has 17 heavy (non-hydrogen) atoms. The molecular formula is C14H17NO2. The fourth-order valence-electron chi connectivity index (χ4n) is 1.34. The first kappa shape index (κ1) is 13.2. The van der Waals surface area contributed by atoms with Gasteiger partial charge in [-0.1, -0.05) is 42.5 Å². The van der Waals surface area contributed by atoms with Crippen molar-refractivity contribution in [2.45, 2.75) is 20.1 Å². The van der Waals surface area contributed by atoms with Crippen LogP contribution in [0.25, 0.3) is 0 Å². The van der Waals surface area contributed by atoms with Crippen molar-refractivity contribution in [3.63, 3.8) is 0 Å². The minimum Gasteiger partial charge on any atom is -0.392 e. The van der Waals surface area contributed by atoms with Gasteiger partial charge in [-0.3, -0.25) is 4.79 Å². The smallest absolute Gasteiger partial charge is 0.244 e. The Balaban J connectivity index is 2.47. The Kier molecular flexibility index (Phi) is 5.75. The van der Waals surface area contributed by atoms with E-state index in [1.807, 2.05) is 37.3 Å². The molecule has 0 aliphatic carbocycles. The van der Waals surface area contributed by atoms with Gasteiger partial charge in [0.15, 0.2) is 0 Å². The van der Waals surface area contributed by atoms with Crippen LogP contribution in [-0.2, 0) is 17.9 Å². The SMILES string of the molecule is CC=CC=CC(=O)NCc1cccc(CO)c1. The molecule has 3 heteroatoms. The van der Waals surface area contributed by atoms with Crippen LogP contribution in [0, 0.1) is 0 Å². The van der Waals surface area contributed by atoms with Crippen molar-refractivity contribution in [2.24, 2.45) is 0 Å². The molecule has 0 aliphatic rings. The number of carbonyl (C=O) groups excluding carboxylic acids is 1. The van der Waals surface area contributed by atoms with Crippen molar-refractivity contribution in [2.75, 3.05) is 0 Å². The summed E-state index contributed by atoms with van der Waals surface area (Å²) in [7, 11) is 0. The van der Waals surface area contributed by atoms with Crippen molar-refractivity contribution in [3.8, 4) is 0 Å². The van der Waals surface area contributed by atoms with Gasteiger partial charge in [-0.2, -0.15) is 0 Å². The quantitative estimate of drug-likeness (QED) is 0.601. The summed E-state index contributed by atoms with van der Waals surface area (Å²) in [6.45, 7) is 2.37. The Morgan fingerprint density at radius 3 is 2.82 bits per heavy atom. The van der Waals surface area contributed by atoms with Gasteiger partial charge in [0.2, 0.25) is 5.91 Å². The second-order valence-corrected chi connectivity index (χ2v) is 3.58. The van der Waals surface area contributed by atoms with E-state index < -0.39 is 0 Å². The molecule has 0 aromatic heterocycles. The number of carbonyl (C=O) groups is 1. The molecule has 2 N–H and O–H groups in total. The van der Waals surface area contributed by atoms with Gasteiger partial charge in [-0.15, -0.1) is 0 Å². The monoisotopic (exact) mass is 231 g/mol. The number of benzene rings is 1. The van der Waals surface area contributed by atoms with E-state index in [2.05, 4.69) is 5.32 Å². The van der Waals surface area contributed by atoms with E-state index in [4.69, 9.17) is 5.11 Å². The number of hydrogen-bond donors (Lipinski definition) is 2. The van der Waals surface area contributed by atoms with Gasteiger partial charge >= 0.3 is 0 Å². The average molecular weight is 231 g/mol. The fraction of sp³-hybridized carbons (Fsp3) is 0.214. The van der Waals surface area contributed by atoms with Crippen molar-refractivity contribution < 1.29 is 9.90 Å². The zero-order valence-electron chi connectivity index (χ0n) is 9.89. The van der Waals surface area contributed by atoms with Crippen molar-refractivity contribution in [1.82, 2.24) is 5.32 Å². The molecule has 3 nitrogen and oxygen atoms in total. The van der Waals surface area contributed by atoms with E-state index >= 15 is 0 Å². The Morgan fingerprint density at radius 2 is 2.12 bits per heavy atom. The third kappa shape index (κ3) is 5.13. The fourth-order valence-corrected chi connectivity index (χ4v) is 1.34. The maximum atomic E-state index is 11.4. The molecule has 0 unspecified atom stereocenters. The molecule has 0 bridgehead atoms. The maximum Gasteiger partial charge on any atom is 0.244 e. The number of rotatable bonds is 5. The van der Waals surface area contributed by atoms with Gasteiger partial charge in [0.05, 0.1) is 6.61 Å². The van der Waals surface area contributed by atoms with Crippen LogP contribution in [0.5, 0.6) is 0 Å². The van der Waals surface area contributed by atoms with E-state index in [9.17, 15) is 4.79 Å². The molecule has 0 heterocycles. The number of aliphatic hydroxyl groups excluding tert-OH is 1. The molecule has 1 aromatic carbocycles. The Labute approximate surface area is 101 Å². The van der Waals surface area contributed by atoms with Gasteiger partial charge in [-0.25, -0.2) is 0 Å². The number of hydrogen-bond acceptors (Lipinski definition) is 2. The first-order valence-electron chi connectivity index (χ1n) is 5.52. The largest absolute Gasteiger partial charge is 0.392 e. The lowest BCUT2D eigenvalue weighted by Crippen LogP contribution is -2.20. The van der Waals surface area contributed by atoms with E-state index in [-0.39, 0.29) is 12.5 Å². The average Bonchev–Trinajstić information content (AvgIpc) is 2.37. The Bertz CT molecular complexity index is 422. The minimum atomic E-state index is -0.127. The molecular weight excluding hydrogens is 214 g/mol. The summed E-state index contributed by atoms with van der Waals surface area (Å²) in [6, 6.07) is 7.49. The van der Waals surface area contributed by atoms with Crippen LogP contribution in [0.3, 0.4) is 0 Å². The summed E-state index contributed by atoms with van der Waals surface area (Å²) < 4.78 is 0. The van der Waals surface area contributed by atoms with Gasteiger partial charge < -0.3 is 10.4 Å². The molecule has 1 amide bonds. The molecule has 0 aliphatic heterocycles. The zero-order chi connectivity index (χ0) is 12.5. The standard InChI is InChI=1S/C14H17NO2/c1-2-3-4-8-14(17)15-10-12-6-5-7-13(9-12)11-16/h2-9,16H,10-11H2,1H3,(H,15,17). The molecule has 0 saturated carbocycles. The number of allylic oxidation sites excluding steroid dienone is 3. The van der Waals surface area contributed by atoms with Crippen molar-refractivity contribution in [3.05, 3.63) is 59.7 Å². The van der Waals surface area contributed by atoms with E-state index in [1.54, 1.807) is 12.2 Å². The normalized spacial score (nSPS) is 11.2. The third-order valence-electron chi connectivity index (χ3n) is 2.19. The number of aliphatic hydroxyl groups is 1. The third-order valence-corrected chi connectivity index (χ3v) is 2.19. The summed E-state index contributed by atoms with van der Waals surface area (Å²) in [5, 5.41) is 11.7. The highest BCUT2D eigenvalue weighted by Gasteiger charge is 1.97. The van der Waals surface area contributed by atoms with Gasteiger partial charge in [0.25, 0.3) is 0 Å². The van der Waals surface area contributed by atoms with Crippen LogP contribution >= 0.6 is 0 Å². The number of amides is 1. The lowest BCUT2D eigenvalue weighted by Gasteiger charge is -2.04. The van der Waals surface area contributed by atoms with Crippen LogP contribution in [0.4, 0.5) is 0 Å². The first-order valence-corrected chi connectivity index (χ1v) is 5.52. The maximum absolute atomic E-state index is 11.4. The van der Waals surface area contributed by atoms with E-state index in [0.717, 1.165) is 11.1 Å². The predicted molar refractivity (Wildman–Crippen MR) is 68.2 cm³/mol. The highest BCUT2D eigenvalue weighted by atomic mass is 16.3. The van der Waals surface area contributed by atoms with Gasteiger partial charge in [0.1, 0.15) is 0 Å². The Hall–Kier alpha value is -1.87. The number of nitrogens with one attached hydrogen (secondary N) is 1. The second-order valence-electron chi connectivity index (χ2n) is 3.58. The summed E-state index contributed by atoms with van der Waals surface area (Å²) in [4.78, 5) is 11.4. The van der Waals surface area contributed by atoms with Crippen molar-refractivity contribution in [1.29, 1.82) is 0 Å². The van der Waals surface area contributed by atoms with Gasteiger partial charge in [-0.05, 0) is 18.1 Å². The zero-order valence-corrected chi connectivity index (χ0v) is 9.89. The lowest BCUT2D eigenvalue weighted by molar-refractivity contribution is -0.116. The topological polar surface area (TPSA) is 49.3 Å².